The molecule has 8 nitrogen and oxygen atoms in total. The Morgan fingerprint density at radius 3 is 2.26 bits per heavy atom. The molecule has 0 aliphatic carbocycles. The Labute approximate surface area is 200 Å². The van der Waals surface area contributed by atoms with E-state index in [0.29, 0.717) is 22.7 Å². The third-order valence-electron chi connectivity index (χ3n) is 5.04. The van der Waals surface area contributed by atoms with Gasteiger partial charge in [0.05, 0.1) is 19.9 Å². The first-order valence-electron chi connectivity index (χ1n) is 10.6. The summed E-state index contributed by atoms with van der Waals surface area (Å²) in [5, 5.41) is 2.87. The Morgan fingerprint density at radius 1 is 0.912 bits per heavy atom. The van der Waals surface area contributed by atoms with Crippen molar-refractivity contribution >= 4 is 21.8 Å². The van der Waals surface area contributed by atoms with Crippen LogP contribution in [0.4, 0.5) is 10.5 Å². The average Bonchev–Trinajstić information content (AvgIpc) is 2.82. The van der Waals surface area contributed by atoms with Crippen molar-refractivity contribution in [2.45, 2.75) is 31.3 Å². The van der Waals surface area contributed by atoms with Gasteiger partial charge < -0.3 is 23.9 Å². The summed E-state index contributed by atoms with van der Waals surface area (Å²) in [5.74, 6) is 1.25. The molecular weight excluding hydrogens is 456 g/mol. The molecule has 3 rings (SSSR count). The lowest BCUT2D eigenvalue weighted by atomic mass is 10.2. The number of carbonyl (C=O) groups is 1. The second-order valence-electron chi connectivity index (χ2n) is 7.71. The highest BCUT2D eigenvalue weighted by Crippen LogP contribution is 2.25. The lowest BCUT2D eigenvalue weighted by molar-refractivity contribution is 0.193. The van der Waals surface area contributed by atoms with Gasteiger partial charge in [-0.3, -0.25) is 0 Å². The van der Waals surface area contributed by atoms with E-state index < -0.39 is 10.1 Å². The predicted molar refractivity (Wildman–Crippen MR) is 130 cm³/mol. The fraction of sp³-hybridized carbons (Fsp3) is 0.240. The molecule has 0 fully saturated rings. The molecule has 3 aromatic carbocycles. The Kier molecular flexibility index (Phi) is 8.01. The lowest BCUT2D eigenvalue weighted by Gasteiger charge is -2.27. The zero-order valence-corrected chi connectivity index (χ0v) is 20.3. The highest BCUT2D eigenvalue weighted by Gasteiger charge is 2.20. The summed E-state index contributed by atoms with van der Waals surface area (Å²) in [7, 11) is -0.986. The number of hydrogen-bond acceptors (Lipinski definition) is 6. The van der Waals surface area contributed by atoms with E-state index in [2.05, 4.69) is 5.32 Å². The van der Waals surface area contributed by atoms with Gasteiger partial charge >= 0.3 is 16.1 Å². The molecule has 0 aliphatic rings. The standard InChI is InChI=1S/C25H28N2O6S/c1-18(2)27(25(28)26-23-10-5-6-11-24(23)32-4)17-19-8-7-9-21(16-19)33-34(29,30)22-14-12-20(31-3)13-15-22/h5-16,18H,17H2,1-4H3,(H,26,28). The van der Waals surface area contributed by atoms with Gasteiger partial charge in [-0.15, -0.1) is 0 Å². The van der Waals surface area contributed by atoms with Gasteiger partial charge in [0.1, 0.15) is 22.1 Å². The van der Waals surface area contributed by atoms with Crippen LogP contribution in [-0.2, 0) is 16.7 Å². The first-order valence-corrected chi connectivity index (χ1v) is 12.0. The molecule has 0 bridgehead atoms. The van der Waals surface area contributed by atoms with E-state index >= 15 is 0 Å². The van der Waals surface area contributed by atoms with Gasteiger partial charge in [0.15, 0.2) is 0 Å². The van der Waals surface area contributed by atoms with E-state index in [1.807, 2.05) is 26.0 Å². The number of urea groups is 1. The molecule has 34 heavy (non-hydrogen) atoms. The molecule has 0 spiro atoms. The number of methoxy groups -OCH3 is 2. The summed E-state index contributed by atoms with van der Waals surface area (Å²) in [6.45, 7) is 4.05. The molecule has 0 saturated carbocycles. The van der Waals surface area contributed by atoms with Crippen LogP contribution in [0.1, 0.15) is 19.4 Å². The fourth-order valence-corrected chi connectivity index (χ4v) is 4.16. The summed E-state index contributed by atoms with van der Waals surface area (Å²) in [6, 6.07) is 19.3. The van der Waals surface area contributed by atoms with E-state index in [1.165, 1.54) is 26.4 Å². The normalized spacial score (nSPS) is 11.1. The monoisotopic (exact) mass is 484 g/mol. The summed E-state index contributed by atoms with van der Waals surface area (Å²) < 4.78 is 41.0. The Hall–Kier alpha value is -3.72. The van der Waals surface area contributed by atoms with Crippen molar-refractivity contribution in [2.75, 3.05) is 19.5 Å². The topological polar surface area (TPSA) is 94.2 Å². The molecule has 0 saturated heterocycles. The quantitative estimate of drug-likeness (QED) is 0.434. The number of carbonyl (C=O) groups excluding carboxylic acids is 1. The van der Waals surface area contributed by atoms with E-state index in [1.54, 1.807) is 53.4 Å². The van der Waals surface area contributed by atoms with E-state index in [-0.39, 0.29) is 29.3 Å². The molecule has 0 atom stereocenters. The Balaban J connectivity index is 1.75. The van der Waals surface area contributed by atoms with Crippen LogP contribution >= 0.6 is 0 Å². The molecule has 0 radical (unpaired) electrons. The molecule has 0 aromatic heterocycles. The van der Waals surface area contributed by atoms with Crippen LogP contribution in [0.3, 0.4) is 0 Å². The lowest BCUT2D eigenvalue weighted by Crippen LogP contribution is -2.39. The van der Waals surface area contributed by atoms with Gasteiger partial charge in [-0.05, 0) is 67.9 Å². The van der Waals surface area contributed by atoms with Crippen molar-refractivity contribution in [2.24, 2.45) is 0 Å². The van der Waals surface area contributed by atoms with Gasteiger partial charge in [0, 0.05) is 12.6 Å². The van der Waals surface area contributed by atoms with Crippen molar-refractivity contribution in [3.8, 4) is 17.2 Å². The average molecular weight is 485 g/mol. The van der Waals surface area contributed by atoms with Gasteiger partial charge in [0.2, 0.25) is 0 Å². The predicted octanol–water partition coefficient (Wildman–Crippen LogP) is 4.91. The maximum absolute atomic E-state index is 13.0. The second kappa shape index (κ2) is 10.9. The minimum absolute atomic E-state index is 0.0127. The summed E-state index contributed by atoms with van der Waals surface area (Å²) in [4.78, 5) is 14.6. The van der Waals surface area contributed by atoms with Crippen molar-refractivity contribution in [1.82, 2.24) is 4.90 Å². The third-order valence-corrected chi connectivity index (χ3v) is 6.30. The third kappa shape index (κ3) is 6.20. The summed E-state index contributed by atoms with van der Waals surface area (Å²) in [6.07, 6.45) is 0. The number of nitrogens with zero attached hydrogens (tertiary/aromatic N) is 1. The number of para-hydroxylation sites is 2. The number of hydrogen-bond donors (Lipinski definition) is 1. The molecule has 3 aromatic rings. The maximum Gasteiger partial charge on any atom is 0.339 e. The minimum atomic E-state index is -4.03. The van der Waals surface area contributed by atoms with Gasteiger partial charge in [-0.1, -0.05) is 24.3 Å². The molecule has 0 heterocycles. The number of benzene rings is 3. The molecule has 9 heteroatoms. The van der Waals surface area contributed by atoms with Crippen LogP contribution in [0.5, 0.6) is 17.2 Å². The van der Waals surface area contributed by atoms with Crippen LogP contribution in [-0.4, -0.2) is 39.6 Å². The molecule has 2 amide bonds. The Morgan fingerprint density at radius 2 is 1.62 bits per heavy atom. The maximum atomic E-state index is 13.0. The van der Waals surface area contributed by atoms with Gasteiger partial charge in [0.25, 0.3) is 0 Å². The fourth-order valence-electron chi connectivity index (χ4n) is 3.23. The van der Waals surface area contributed by atoms with Crippen LogP contribution in [0.15, 0.2) is 77.7 Å². The number of amides is 2. The molecule has 0 unspecified atom stereocenters. The SMILES string of the molecule is COc1ccc(S(=O)(=O)Oc2cccc(CN(C(=O)Nc3ccccc3OC)C(C)C)c2)cc1. The summed E-state index contributed by atoms with van der Waals surface area (Å²) in [5.41, 5.74) is 1.27. The zero-order valence-electron chi connectivity index (χ0n) is 19.5. The highest BCUT2D eigenvalue weighted by molar-refractivity contribution is 7.87. The second-order valence-corrected chi connectivity index (χ2v) is 9.26. The van der Waals surface area contributed by atoms with Gasteiger partial charge in [-0.2, -0.15) is 8.42 Å². The van der Waals surface area contributed by atoms with Crippen molar-refractivity contribution < 1.29 is 26.9 Å². The highest BCUT2D eigenvalue weighted by atomic mass is 32.2. The van der Waals surface area contributed by atoms with Crippen LogP contribution in [0.25, 0.3) is 0 Å². The summed E-state index contributed by atoms with van der Waals surface area (Å²) >= 11 is 0. The zero-order chi connectivity index (χ0) is 24.7. The van der Waals surface area contributed by atoms with Crippen LogP contribution in [0.2, 0.25) is 0 Å². The van der Waals surface area contributed by atoms with E-state index in [0.717, 1.165) is 0 Å². The van der Waals surface area contributed by atoms with Crippen molar-refractivity contribution in [1.29, 1.82) is 0 Å². The smallest absolute Gasteiger partial charge is 0.339 e. The number of nitrogens with one attached hydrogen (secondary N) is 1. The molecule has 0 aliphatic heterocycles. The van der Waals surface area contributed by atoms with Gasteiger partial charge in [-0.25, -0.2) is 4.79 Å². The van der Waals surface area contributed by atoms with E-state index in [9.17, 15) is 13.2 Å². The number of ether oxygens (including phenoxy) is 2. The van der Waals surface area contributed by atoms with E-state index in [4.69, 9.17) is 13.7 Å². The molecule has 1 N–H and O–H groups in total. The minimum Gasteiger partial charge on any atom is -0.497 e. The first-order chi connectivity index (χ1) is 16.2. The first kappa shape index (κ1) is 24.9. The van der Waals surface area contributed by atoms with Crippen LogP contribution in [0, 0.1) is 0 Å². The molecular formula is C25H28N2O6S. The van der Waals surface area contributed by atoms with Crippen molar-refractivity contribution in [3.05, 3.63) is 78.4 Å². The number of rotatable bonds is 9. The largest absolute Gasteiger partial charge is 0.497 e. The van der Waals surface area contributed by atoms with Crippen molar-refractivity contribution in [3.63, 3.8) is 0 Å². The van der Waals surface area contributed by atoms with Crippen LogP contribution < -0.4 is 19.0 Å². The number of anilines is 1. The molecule has 180 valence electrons. The Bertz CT molecular complexity index is 1230.